The number of hydrogen-bond donors (Lipinski definition) is 0. The second-order valence-corrected chi connectivity index (χ2v) is 3.36. The number of furan rings is 1. The first kappa shape index (κ1) is 9.79. The lowest BCUT2D eigenvalue weighted by Gasteiger charge is -1.92. The molecule has 2 aromatic heterocycles. The number of allylic oxidation sites excluding steroid dienone is 1. The van der Waals surface area contributed by atoms with Crippen LogP contribution in [0.2, 0.25) is 0 Å². The summed E-state index contributed by atoms with van der Waals surface area (Å²) in [5.41, 5.74) is 0. The summed E-state index contributed by atoms with van der Waals surface area (Å²) in [5, 5.41) is 4.19. The molecule has 0 amide bonds. The molecule has 0 bridgehead atoms. The fraction of sp³-hybridized carbons (Fsp3) is 0.111. The van der Waals surface area contributed by atoms with Gasteiger partial charge in [-0.25, -0.2) is 4.79 Å². The van der Waals surface area contributed by atoms with Gasteiger partial charge in [0.15, 0.2) is 5.76 Å². The van der Waals surface area contributed by atoms with E-state index in [4.69, 9.17) is 20.4 Å². The van der Waals surface area contributed by atoms with Crippen LogP contribution in [0.25, 0.3) is 11.7 Å². The van der Waals surface area contributed by atoms with Gasteiger partial charge in [0.2, 0.25) is 0 Å². The monoisotopic (exact) mass is 226 g/mol. The smallest absolute Gasteiger partial charge is 0.437 e. The van der Waals surface area contributed by atoms with Gasteiger partial charge in [0.25, 0.3) is 5.89 Å². The second kappa shape index (κ2) is 3.78. The lowest BCUT2D eigenvalue weighted by molar-refractivity contribution is 0.477. The van der Waals surface area contributed by atoms with Gasteiger partial charge in [-0.1, -0.05) is 18.2 Å². The minimum absolute atomic E-state index is 0.116. The van der Waals surface area contributed by atoms with Crippen molar-refractivity contribution in [3.8, 4) is 11.7 Å². The zero-order valence-corrected chi connectivity index (χ0v) is 8.40. The van der Waals surface area contributed by atoms with Crippen LogP contribution in [0.4, 0.5) is 0 Å². The van der Waals surface area contributed by atoms with Gasteiger partial charge in [0.1, 0.15) is 0 Å². The molecule has 0 aliphatic rings. The molecule has 0 aliphatic carbocycles. The Bertz CT molecular complexity index is 524. The van der Waals surface area contributed by atoms with Crippen molar-refractivity contribution >= 4 is 11.6 Å². The summed E-state index contributed by atoms with van der Waals surface area (Å²) in [5.74, 6) is -0.0721. The van der Waals surface area contributed by atoms with Crippen LogP contribution in [0.15, 0.2) is 43.6 Å². The highest BCUT2D eigenvalue weighted by atomic mass is 35.5. The van der Waals surface area contributed by atoms with Crippen LogP contribution in [0, 0.1) is 0 Å². The molecule has 0 atom stereocenters. The highest BCUT2D eigenvalue weighted by molar-refractivity contribution is 6.29. The molecule has 0 saturated heterocycles. The average molecular weight is 227 g/mol. The number of rotatable bonds is 3. The van der Waals surface area contributed by atoms with Crippen LogP contribution in [-0.4, -0.2) is 9.78 Å². The van der Waals surface area contributed by atoms with Crippen LogP contribution in [0.3, 0.4) is 0 Å². The van der Waals surface area contributed by atoms with E-state index in [2.05, 4.69) is 11.7 Å². The van der Waals surface area contributed by atoms with Crippen molar-refractivity contribution in [1.29, 1.82) is 0 Å². The summed E-state index contributed by atoms with van der Waals surface area (Å²) in [6.07, 6.45) is 1.47. The van der Waals surface area contributed by atoms with Gasteiger partial charge in [0.05, 0.1) is 12.8 Å². The molecule has 0 aliphatic heterocycles. The maximum atomic E-state index is 11.3. The predicted molar refractivity (Wildman–Crippen MR) is 53.5 cm³/mol. The highest BCUT2D eigenvalue weighted by Crippen LogP contribution is 2.15. The molecular formula is C9H7ClN2O3. The molecule has 0 aromatic carbocycles. The van der Waals surface area contributed by atoms with E-state index < -0.39 is 5.76 Å². The number of nitrogens with zero attached hydrogens (tertiary/aromatic N) is 2. The number of hydrogen-bond acceptors (Lipinski definition) is 4. The van der Waals surface area contributed by atoms with Crippen molar-refractivity contribution in [2.75, 3.05) is 0 Å². The quantitative estimate of drug-likeness (QED) is 0.801. The van der Waals surface area contributed by atoms with Gasteiger partial charge in [-0.2, -0.15) is 4.68 Å². The summed E-state index contributed by atoms with van der Waals surface area (Å²) < 4.78 is 11.0. The molecule has 2 aromatic rings. The Morgan fingerprint density at radius 3 is 3.07 bits per heavy atom. The molecule has 15 heavy (non-hydrogen) atoms. The minimum Gasteiger partial charge on any atom is -0.459 e. The number of halogens is 1. The predicted octanol–water partition coefficient (Wildman–Crippen LogP) is 1.85. The molecule has 2 heterocycles. The average Bonchev–Trinajstić information content (AvgIpc) is 2.75. The third-order valence-corrected chi connectivity index (χ3v) is 1.78. The maximum Gasteiger partial charge on any atom is 0.437 e. The SMILES string of the molecule is C=C(Cl)Cn1nc(-c2ccco2)oc1=O. The second-order valence-electron chi connectivity index (χ2n) is 2.83. The third kappa shape index (κ3) is 2.02. The molecule has 0 N–H and O–H groups in total. The highest BCUT2D eigenvalue weighted by Gasteiger charge is 2.12. The van der Waals surface area contributed by atoms with Crippen LogP contribution in [-0.2, 0) is 6.54 Å². The first-order valence-corrected chi connectivity index (χ1v) is 4.50. The summed E-state index contributed by atoms with van der Waals surface area (Å²) in [7, 11) is 0. The first-order valence-electron chi connectivity index (χ1n) is 4.12. The topological polar surface area (TPSA) is 61.2 Å². The third-order valence-electron chi connectivity index (χ3n) is 1.66. The Morgan fingerprint density at radius 1 is 1.67 bits per heavy atom. The lowest BCUT2D eigenvalue weighted by Crippen LogP contribution is -2.15. The Kier molecular flexibility index (Phi) is 2.47. The van der Waals surface area contributed by atoms with Crippen LogP contribution in [0.1, 0.15) is 0 Å². The summed E-state index contributed by atoms with van der Waals surface area (Å²) >= 11 is 5.56. The van der Waals surface area contributed by atoms with E-state index in [-0.39, 0.29) is 12.4 Å². The standard InChI is InChI=1S/C9H7ClN2O3/c1-6(10)5-12-9(13)15-8(11-12)7-3-2-4-14-7/h2-4H,1,5H2. The number of aromatic nitrogens is 2. The van der Waals surface area contributed by atoms with E-state index in [0.717, 1.165) is 4.68 Å². The van der Waals surface area contributed by atoms with Gasteiger partial charge in [-0.05, 0) is 12.1 Å². The van der Waals surface area contributed by atoms with E-state index in [0.29, 0.717) is 10.8 Å². The molecule has 5 nitrogen and oxygen atoms in total. The lowest BCUT2D eigenvalue weighted by atomic mass is 10.5. The molecule has 0 saturated carbocycles. The Balaban J connectivity index is 2.37. The van der Waals surface area contributed by atoms with Crippen molar-refractivity contribution in [2.45, 2.75) is 6.54 Å². The van der Waals surface area contributed by atoms with Crippen molar-refractivity contribution in [3.63, 3.8) is 0 Å². The van der Waals surface area contributed by atoms with E-state index in [1.54, 1.807) is 12.1 Å². The summed E-state index contributed by atoms with van der Waals surface area (Å²) in [4.78, 5) is 11.3. The van der Waals surface area contributed by atoms with Crippen LogP contribution in [0.5, 0.6) is 0 Å². The van der Waals surface area contributed by atoms with E-state index in [1.165, 1.54) is 6.26 Å². The van der Waals surface area contributed by atoms with Crippen molar-refractivity contribution in [1.82, 2.24) is 9.78 Å². The minimum atomic E-state index is -0.594. The fourth-order valence-corrected chi connectivity index (χ4v) is 1.18. The van der Waals surface area contributed by atoms with Crippen molar-refractivity contribution < 1.29 is 8.83 Å². The van der Waals surface area contributed by atoms with E-state index >= 15 is 0 Å². The Hall–Kier alpha value is -1.75. The van der Waals surface area contributed by atoms with Gasteiger partial charge in [0, 0.05) is 5.03 Å². The van der Waals surface area contributed by atoms with Crippen LogP contribution >= 0.6 is 11.6 Å². The summed E-state index contributed by atoms with van der Waals surface area (Å²) in [6, 6.07) is 3.32. The van der Waals surface area contributed by atoms with Gasteiger partial charge < -0.3 is 8.83 Å². The van der Waals surface area contributed by atoms with Gasteiger partial charge in [-0.15, -0.1) is 5.10 Å². The molecule has 0 spiro atoms. The fourth-order valence-electron chi connectivity index (χ4n) is 1.07. The first-order chi connectivity index (χ1) is 7.16. The van der Waals surface area contributed by atoms with E-state index in [9.17, 15) is 4.79 Å². The van der Waals surface area contributed by atoms with Crippen LogP contribution < -0.4 is 5.76 Å². The molecular weight excluding hydrogens is 220 g/mol. The zero-order chi connectivity index (χ0) is 10.8. The normalized spacial score (nSPS) is 10.5. The molecule has 0 radical (unpaired) electrons. The Morgan fingerprint density at radius 2 is 2.47 bits per heavy atom. The molecule has 2 rings (SSSR count). The largest absolute Gasteiger partial charge is 0.459 e. The molecule has 78 valence electrons. The molecule has 0 fully saturated rings. The molecule has 0 unspecified atom stereocenters. The van der Waals surface area contributed by atoms with Crippen molar-refractivity contribution in [3.05, 3.63) is 40.6 Å². The maximum absolute atomic E-state index is 11.3. The summed E-state index contributed by atoms with van der Waals surface area (Å²) in [6.45, 7) is 3.58. The zero-order valence-electron chi connectivity index (χ0n) is 7.64. The van der Waals surface area contributed by atoms with Crippen molar-refractivity contribution in [2.24, 2.45) is 0 Å². The molecule has 6 heteroatoms. The van der Waals surface area contributed by atoms with Gasteiger partial charge >= 0.3 is 5.76 Å². The van der Waals surface area contributed by atoms with E-state index in [1.807, 2.05) is 0 Å². The van der Waals surface area contributed by atoms with Gasteiger partial charge in [-0.3, -0.25) is 0 Å². The Labute approximate surface area is 89.6 Å².